The zero-order valence-electron chi connectivity index (χ0n) is 10.0. The average molecular weight is 327 g/mol. The molecule has 0 aliphatic heterocycles. The number of nitrogens with zero attached hydrogens (tertiary/aromatic N) is 3. The molecule has 1 heterocycles. The molecule has 0 atom stereocenters. The van der Waals surface area contributed by atoms with Crippen LogP contribution in [0.15, 0.2) is 28.9 Å². The van der Waals surface area contributed by atoms with Gasteiger partial charge in [-0.2, -0.15) is 0 Å². The van der Waals surface area contributed by atoms with Crippen LogP contribution in [0.1, 0.15) is 11.3 Å². The summed E-state index contributed by atoms with van der Waals surface area (Å²) < 4.78 is 15.6. The summed E-state index contributed by atoms with van der Waals surface area (Å²) >= 11 is 3.17. The minimum absolute atomic E-state index is 0.0247. The predicted molar refractivity (Wildman–Crippen MR) is 70.7 cm³/mol. The first-order valence-electron chi connectivity index (χ1n) is 5.63. The number of ketones is 1. The van der Waals surface area contributed by atoms with Crippen LogP contribution in [0.4, 0.5) is 4.39 Å². The second kappa shape index (κ2) is 6.03. The van der Waals surface area contributed by atoms with Crippen LogP contribution in [0.3, 0.4) is 0 Å². The van der Waals surface area contributed by atoms with Crippen molar-refractivity contribution in [1.29, 1.82) is 0 Å². The van der Waals surface area contributed by atoms with Crippen LogP contribution in [-0.2, 0) is 24.3 Å². The van der Waals surface area contributed by atoms with E-state index in [4.69, 9.17) is 5.73 Å². The molecule has 1 aromatic heterocycles. The summed E-state index contributed by atoms with van der Waals surface area (Å²) in [5.41, 5.74) is 6.38. The minimum atomic E-state index is -0.399. The first-order chi connectivity index (χ1) is 9.08. The lowest BCUT2D eigenvalue weighted by atomic mass is 10.1. The molecular formula is C12H12BrFN4O. The number of nitrogens with two attached hydrogens (primary N) is 1. The number of hydrogen-bond donors (Lipinski definition) is 1. The molecular weight excluding hydrogens is 315 g/mol. The van der Waals surface area contributed by atoms with E-state index in [0.29, 0.717) is 15.7 Å². The van der Waals surface area contributed by atoms with E-state index in [1.165, 1.54) is 10.7 Å². The fourth-order valence-corrected chi connectivity index (χ4v) is 1.96. The van der Waals surface area contributed by atoms with Gasteiger partial charge in [-0.15, -0.1) is 5.10 Å². The minimum Gasteiger partial charge on any atom is -0.325 e. The molecule has 2 rings (SSSR count). The predicted octanol–water partition coefficient (Wildman–Crippen LogP) is 1.45. The van der Waals surface area contributed by atoms with Crippen LogP contribution in [0.25, 0.3) is 0 Å². The topological polar surface area (TPSA) is 73.8 Å². The maximum absolute atomic E-state index is 13.6. The monoisotopic (exact) mass is 326 g/mol. The molecule has 1 aromatic carbocycles. The number of Topliss-reactive ketones (excluding diaryl/α,β-unsaturated/α-hetero) is 1. The quantitative estimate of drug-likeness (QED) is 0.902. The van der Waals surface area contributed by atoms with Gasteiger partial charge in [-0.3, -0.25) is 4.79 Å². The molecule has 0 radical (unpaired) electrons. The van der Waals surface area contributed by atoms with E-state index in [1.807, 2.05) is 0 Å². The van der Waals surface area contributed by atoms with E-state index < -0.39 is 5.82 Å². The molecule has 2 N–H and O–H groups in total. The summed E-state index contributed by atoms with van der Waals surface area (Å²) in [5.74, 6) is -0.543. The molecule has 0 unspecified atom stereocenters. The standard InChI is InChI=1S/C12H12BrFN4O/c13-9-2-1-8(12(14)4-9)3-11(19)7-18-6-10(5-15)16-17-18/h1-2,4,6H,3,5,7,15H2. The third-order valence-corrected chi connectivity index (χ3v) is 3.03. The first kappa shape index (κ1) is 13.8. The summed E-state index contributed by atoms with van der Waals surface area (Å²) in [7, 11) is 0. The third-order valence-electron chi connectivity index (χ3n) is 2.54. The zero-order chi connectivity index (χ0) is 13.8. The van der Waals surface area contributed by atoms with Gasteiger partial charge < -0.3 is 5.73 Å². The molecule has 0 bridgehead atoms. The summed E-state index contributed by atoms with van der Waals surface area (Å²) in [4.78, 5) is 11.8. The van der Waals surface area contributed by atoms with Crippen molar-refractivity contribution < 1.29 is 9.18 Å². The average Bonchev–Trinajstić information content (AvgIpc) is 2.80. The Hall–Kier alpha value is -1.60. The molecule has 100 valence electrons. The second-order valence-electron chi connectivity index (χ2n) is 4.06. The fourth-order valence-electron chi connectivity index (χ4n) is 1.62. The second-order valence-corrected chi connectivity index (χ2v) is 4.98. The highest BCUT2D eigenvalue weighted by molar-refractivity contribution is 9.10. The van der Waals surface area contributed by atoms with Crippen LogP contribution in [0.2, 0.25) is 0 Å². The molecule has 0 saturated heterocycles. The van der Waals surface area contributed by atoms with Gasteiger partial charge >= 0.3 is 0 Å². The normalized spacial score (nSPS) is 10.7. The lowest BCUT2D eigenvalue weighted by Crippen LogP contribution is -2.14. The molecule has 0 aliphatic rings. The smallest absolute Gasteiger partial charge is 0.158 e. The van der Waals surface area contributed by atoms with Gasteiger partial charge in [0.05, 0.1) is 11.9 Å². The molecule has 19 heavy (non-hydrogen) atoms. The Morgan fingerprint density at radius 1 is 1.47 bits per heavy atom. The van der Waals surface area contributed by atoms with E-state index in [1.54, 1.807) is 18.3 Å². The maximum atomic E-state index is 13.6. The Morgan fingerprint density at radius 3 is 2.89 bits per heavy atom. The molecule has 5 nitrogen and oxygen atoms in total. The van der Waals surface area contributed by atoms with Gasteiger partial charge in [0.1, 0.15) is 12.4 Å². The zero-order valence-corrected chi connectivity index (χ0v) is 11.6. The highest BCUT2D eigenvalue weighted by Gasteiger charge is 2.10. The number of aromatic nitrogens is 3. The lowest BCUT2D eigenvalue weighted by Gasteiger charge is -2.03. The van der Waals surface area contributed by atoms with Gasteiger partial charge in [-0.05, 0) is 17.7 Å². The first-order valence-corrected chi connectivity index (χ1v) is 6.42. The Morgan fingerprint density at radius 2 is 2.26 bits per heavy atom. The van der Waals surface area contributed by atoms with Crippen molar-refractivity contribution >= 4 is 21.7 Å². The summed E-state index contributed by atoms with van der Waals surface area (Å²) in [6, 6.07) is 4.63. The lowest BCUT2D eigenvalue weighted by molar-refractivity contribution is -0.119. The van der Waals surface area contributed by atoms with E-state index in [2.05, 4.69) is 26.2 Å². The largest absolute Gasteiger partial charge is 0.325 e. The van der Waals surface area contributed by atoms with Crippen molar-refractivity contribution in [2.45, 2.75) is 19.5 Å². The number of benzene rings is 1. The van der Waals surface area contributed by atoms with Gasteiger partial charge in [-0.25, -0.2) is 9.07 Å². The van der Waals surface area contributed by atoms with Gasteiger partial charge in [0, 0.05) is 17.4 Å². The SMILES string of the molecule is NCc1cn(CC(=O)Cc2ccc(Br)cc2F)nn1. The molecule has 0 spiro atoms. The Labute approximate surface area is 117 Å². The van der Waals surface area contributed by atoms with Gasteiger partial charge in [0.2, 0.25) is 0 Å². The number of hydrogen-bond acceptors (Lipinski definition) is 4. The maximum Gasteiger partial charge on any atom is 0.158 e. The molecule has 0 fully saturated rings. The number of carbonyl (C=O) groups is 1. The molecule has 0 amide bonds. The van der Waals surface area contributed by atoms with E-state index in [-0.39, 0.29) is 25.3 Å². The van der Waals surface area contributed by atoms with Crippen molar-refractivity contribution in [3.63, 3.8) is 0 Å². The highest BCUT2D eigenvalue weighted by atomic mass is 79.9. The Balaban J connectivity index is 2.01. The van der Waals surface area contributed by atoms with Crippen molar-refractivity contribution in [3.8, 4) is 0 Å². The molecule has 0 aliphatic carbocycles. The number of rotatable bonds is 5. The highest BCUT2D eigenvalue weighted by Crippen LogP contribution is 2.16. The fraction of sp³-hybridized carbons (Fsp3) is 0.250. The van der Waals surface area contributed by atoms with Crippen molar-refractivity contribution in [2.75, 3.05) is 0 Å². The number of carbonyl (C=O) groups excluding carboxylic acids is 1. The number of halogens is 2. The van der Waals surface area contributed by atoms with Gasteiger partial charge in [0.25, 0.3) is 0 Å². The molecule has 0 saturated carbocycles. The van der Waals surface area contributed by atoms with E-state index in [0.717, 1.165) is 0 Å². The third kappa shape index (κ3) is 3.68. The van der Waals surface area contributed by atoms with Crippen molar-refractivity contribution in [1.82, 2.24) is 15.0 Å². The van der Waals surface area contributed by atoms with Crippen LogP contribution >= 0.6 is 15.9 Å². The summed E-state index contributed by atoms with van der Waals surface area (Å²) in [5, 5.41) is 7.55. The van der Waals surface area contributed by atoms with Crippen molar-refractivity contribution in [2.24, 2.45) is 5.73 Å². The van der Waals surface area contributed by atoms with Crippen molar-refractivity contribution in [3.05, 3.63) is 45.9 Å². The van der Waals surface area contributed by atoms with Crippen LogP contribution < -0.4 is 5.73 Å². The Bertz CT molecular complexity index is 599. The summed E-state index contributed by atoms with van der Waals surface area (Å²) in [6.07, 6.45) is 1.63. The Kier molecular flexibility index (Phi) is 4.39. The van der Waals surface area contributed by atoms with E-state index in [9.17, 15) is 9.18 Å². The molecule has 7 heteroatoms. The summed E-state index contributed by atoms with van der Waals surface area (Å²) in [6.45, 7) is 0.331. The van der Waals surface area contributed by atoms with Crippen LogP contribution in [0, 0.1) is 5.82 Å². The molecule has 2 aromatic rings. The van der Waals surface area contributed by atoms with Gasteiger partial charge in [0.15, 0.2) is 5.78 Å². The van der Waals surface area contributed by atoms with E-state index >= 15 is 0 Å². The van der Waals surface area contributed by atoms with Gasteiger partial charge in [-0.1, -0.05) is 27.2 Å². The van der Waals surface area contributed by atoms with Crippen LogP contribution in [-0.4, -0.2) is 20.8 Å². The van der Waals surface area contributed by atoms with Crippen LogP contribution in [0.5, 0.6) is 0 Å².